The van der Waals surface area contributed by atoms with Crippen molar-refractivity contribution >= 4 is 17.7 Å². The quantitative estimate of drug-likeness (QED) is 0.314. The summed E-state index contributed by atoms with van der Waals surface area (Å²) in [5, 5.41) is 0. The van der Waals surface area contributed by atoms with Crippen molar-refractivity contribution in [3.8, 4) is 11.5 Å². The third-order valence-corrected chi connectivity index (χ3v) is 11.5. The van der Waals surface area contributed by atoms with E-state index in [0.717, 1.165) is 48.5 Å². The SMILES string of the molecule is Fc1ccc(O[P-]23(Oc4ccc(F)cc4)(OCCS2)OC(C(F)(F)F)=C(C(F)(F)F)O3)cc1. The molecule has 0 saturated carbocycles. The Kier molecular flexibility index (Phi) is 5.05. The molecule has 182 valence electrons. The molecule has 0 amide bonds. The molecule has 1 fully saturated rings. The third-order valence-electron chi connectivity index (χ3n) is 4.28. The van der Waals surface area contributed by atoms with Crippen molar-refractivity contribution in [2.75, 3.05) is 12.4 Å². The van der Waals surface area contributed by atoms with Gasteiger partial charge in [0.2, 0.25) is 0 Å². The van der Waals surface area contributed by atoms with Crippen LogP contribution in [0, 0.1) is 11.6 Å². The second-order valence-corrected chi connectivity index (χ2v) is 13.6. The van der Waals surface area contributed by atoms with Gasteiger partial charge in [0.1, 0.15) is 0 Å². The van der Waals surface area contributed by atoms with Gasteiger partial charge in [0.15, 0.2) is 0 Å². The van der Waals surface area contributed by atoms with Gasteiger partial charge in [-0.15, -0.1) is 0 Å². The number of hydrogen-bond donors (Lipinski definition) is 0. The molecule has 0 aliphatic carbocycles. The van der Waals surface area contributed by atoms with Crippen LogP contribution in [0.5, 0.6) is 11.5 Å². The molecule has 33 heavy (non-hydrogen) atoms. The topological polar surface area (TPSA) is 46.2 Å². The van der Waals surface area contributed by atoms with Crippen LogP contribution in [0.25, 0.3) is 0 Å². The van der Waals surface area contributed by atoms with E-state index in [1.54, 1.807) is 0 Å². The molecule has 0 N–H and O–H groups in total. The Morgan fingerprint density at radius 3 is 1.39 bits per heavy atom. The summed E-state index contributed by atoms with van der Waals surface area (Å²) in [6.07, 6.45) is -18.5. The van der Waals surface area contributed by atoms with E-state index in [1.807, 2.05) is 0 Å². The van der Waals surface area contributed by atoms with E-state index in [1.165, 1.54) is 0 Å². The second-order valence-electron chi connectivity index (χ2n) is 6.71. The van der Waals surface area contributed by atoms with Gasteiger partial charge in [0, 0.05) is 0 Å². The average molecular weight is 523 g/mol. The van der Waals surface area contributed by atoms with Crippen LogP contribution in [0.4, 0.5) is 35.1 Å². The normalized spacial score (nSPS) is 23.0. The Bertz CT molecular complexity index is 1030. The molecule has 0 atom stereocenters. The van der Waals surface area contributed by atoms with E-state index >= 15 is 0 Å². The molecular formula is C18H12F8O5PS-. The molecule has 2 aliphatic heterocycles. The van der Waals surface area contributed by atoms with Gasteiger partial charge in [-0.1, -0.05) is 0 Å². The van der Waals surface area contributed by atoms with E-state index in [2.05, 4.69) is 0 Å². The predicted octanol–water partition coefficient (Wildman–Crippen LogP) is 7.15. The van der Waals surface area contributed by atoms with Crippen LogP contribution >= 0.6 is 17.7 Å². The van der Waals surface area contributed by atoms with Crippen LogP contribution in [0.15, 0.2) is 60.0 Å². The van der Waals surface area contributed by atoms with Crippen LogP contribution in [-0.4, -0.2) is 24.7 Å². The summed E-state index contributed by atoms with van der Waals surface area (Å²) in [6.45, 7) is -0.501. The van der Waals surface area contributed by atoms with Gasteiger partial charge >= 0.3 is 183 Å². The van der Waals surface area contributed by atoms with Crippen molar-refractivity contribution < 1.29 is 57.7 Å². The molecule has 4 rings (SSSR count). The first kappa shape index (κ1) is 23.7. The van der Waals surface area contributed by atoms with Crippen molar-refractivity contribution in [1.29, 1.82) is 0 Å². The van der Waals surface area contributed by atoms with E-state index < -0.39 is 59.9 Å². The second kappa shape index (κ2) is 7.03. The maximum absolute atomic E-state index is 13.7. The minimum atomic E-state index is -7.05. The summed E-state index contributed by atoms with van der Waals surface area (Å²) in [5.41, 5.74) is 0. The van der Waals surface area contributed by atoms with Crippen molar-refractivity contribution in [1.82, 2.24) is 0 Å². The van der Waals surface area contributed by atoms with Gasteiger partial charge in [-0.3, -0.25) is 0 Å². The van der Waals surface area contributed by atoms with Gasteiger partial charge < -0.3 is 0 Å². The zero-order valence-corrected chi connectivity index (χ0v) is 17.7. The molecule has 2 aromatic carbocycles. The van der Waals surface area contributed by atoms with Crippen molar-refractivity contribution in [2.24, 2.45) is 0 Å². The first-order chi connectivity index (χ1) is 15.2. The first-order valence-corrected chi connectivity index (χ1v) is 12.8. The summed E-state index contributed by atoms with van der Waals surface area (Å²) in [7, 11) is 0. The van der Waals surface area contributed by atoms with Gasteiger partial charge in [-0.2, -0.15) is 0 Å². The Labute approximate surface area is 183 Å². The monoisotopic (exact) mass is 523 g/mol. The fourth-order valence-electron chi connectivity index (χ4n) is 3.04. The van der Waals surface area contributed by atoms with Crippen LogP contribution in [-0.2, 0) is 13.6 Å². The van der Waals surface area contributed by atoms with Gasteiger partial charge in [-0.05, 0) is 0 Å². The van der Waals surface area contributed by atoms with Crippen molar-refractivity contribution in [2.45, 2.75) is 12.4 Å². The van der Waals surface area contributed by atoms with Crippen LogP contribution in [0.1, 0.15) is 0 Å². The zero-order valence-electron chi connectivity index (χ0n) is 16.0. The summed E-state index contributed by atoms with van der Waals surface area (Å²) < 4.78 is 135. The molecule has 0 unspecified atom stereocenters. The molecule has 5 nitrogen and oxygen atoms in total. The van der Waals surface area contributed by atoms with E-state index in [0.29, 0.717) is 0 Å². The van der Waals surface area contributed by atoms with Gasteiger partial charge in [0.05, 0.1) is 0 Å². The van der Waals surface area contributed by atoms with E-state index in [-0.39, 0.29) is 17.1 Å². The maximum atomic E-state index is 13.7. The summed E-state index contributed by atoms with van der Waals surface area (Å²) in [4.78, 5) is 0. The van der Waals surface area contributed by atoms with E-state index in [9.17, 15) is 35.1 Å². The molecule has 0 radical (unpaired) electrons. The summed E-state index contributed by atoms with van der Waals surface area (Å²) in [5.74, 6) is -7.94. The van der Waals surface area contributed by atoms with Crippen LogP contribution in [0.2, 0.25) is 0 Å². The molecule has 1 saturated heterocycles. The molecule has 0 bridgehead atoms. The number of halogens is 8. The summed E-state index contributed by atoms with van der Waals surface area (Å²) in [6, 6.07) is 6.94. The number of allylic oxidation sites excluding steroid dienone is 2. The first-order valence-electron chi connectivity index (χ1n) is 8.89. The van der Waals surface area contributed by atoms with Crippen molar-refractivity contribution in [3.05, 3.63) is 71.7 Å². The Morgan fingerprint density at radius 2 is 1.09 bits per heavy atom. The molecule has 0 aromatic heterocycles. The zero-order chi connectivity index (χ0) is 24.2. The molecule has 2 heterocycles. The number of benzene rings is 2. The Morgan fingerprint density at radius 1 is 0.697 bits per heavy atom. The van der Waals surface area contributed by atoms with Crippen LogP contribution in [0.3, 0.4) is 0 Å². The molecular weight excluding hydrogens is 511 g/mol. The molecule has 2 aliphatic rings. The van der Waals surface area contributed by atoms with Crippen molar-refractivity contribution in [3.63, 3.8) is 0 Å². The Balaban J connectivity index is 1.96. The van der Waals surface area contributed by atoms with Gasteiger partial charge in [-0.25, -0.2) is 0 Å². The number of hydrogen-bond acceptors (Lipinski definition) is 6. The third kappa shape index (κ3) is 4.04. The number of rotatable bonds is 4. The standard InChI is InChI=1S/C18H12F8O5PS/c19-11-1-5-13(6-2-11)28-32(27-9-10-33-32,29-14-7-3-12(20)4-8-14)30-15(17(21,22)23)16(31-32)18(24,25)26/h1-8H,9-10H2/q-1. The molecule has 15 heteroatoms. The predicted molar refractivity (Wildman–Crippen MR) is 101 cm³/mol. The molecule has 1 spiro atoms. The Hall–Kier alpha value is -2.44. The minimum absolute atomic E-state index is 0.181. The average Bonchev–Trinajstić information content (AvgIpc) is 3.25. The number of alkyl halides is 6. The van der Waals surface area contributed by atoms with Crippen LogP contribution < -0.4 is 9.05 Å². The van der Waals surface area contributed by atoms with E-state index in [4.69, 9.17) is 22.6 Å². The summed E-state index contributed by atoms with van der Waals surface area (Å²) >= 11 is 0.181. The molecule has 2 aromatic rings. The fourth-order valence-corrected chi connectivity index (χ4v) is 10.5. The fraction of sp³-hybridized carbons (Fsp3) is 0.222. The van der Waals surface area contributed by atoms with Gasteiger partial charge in [0.25, 0.3) is 0 Å².